The number of rotatable bonds is 5. The Bertz CT molecular complexity index is 1090. The van der Waals surface area contributed by atoms with Crippen LogP contribution in [0.2, 0.25) is 5.02 Å². The van der Waals surface area contributed by atoms with Crippen LogP contribution in [0.25, 0.3) is 11.0 Å². The topological polar surface area (TPSA) is 73.7 Å². The summed E-state index contributed by atoms with van der Waals surface area (Å²) in [6.07, 6.45) is -0.466. The van der Waals surface area contributed by atoms with Crippen LogP contribution >= 0.6 is 11.6 Å². The van der Waals surface area contributed by atoms with Gasteiger partial charge in [0.1, 0.15) is 5.75 Å². The first kappa shape index (κ1) is 19.3. The third kappa shape index (κ3) is 3.78. The highest BCUT2D eigenvalue weighted by Gasteiger charge is 2.26. The number of imidazole rings is 1. The van der Waals surface area contributed by atoms with Gasteiger partial charge in [0.25, 0.3) is 5.91 Å². The summed E-state index contributed by atoms with van der Waals surface area (Å²) in [7, 11) is 1.87. The number of esters is 1. The Hall–Kier alpha value is -3.06. The summed E-state index contributed by atoms with van der Waals surface area (Å²) in [5.74, 6) is 0.673. The molecule has 2 aromatic carbocycles. The fourth-order valence-corrected chi connectivity index (χ4v) is 3.63. The number of hydrogen-bond donors (Lipinski definition) is 0. The van der Waals surface area contributed by atoms with E-state index in [0.29, 0.717) is 22.3 Å². The number of carbonyl (C=O) groups excluding carboxylic acids is 2. The van der Waals surface area contributed by atoms with Gasteiger partial charge in [-0.05, 0) is 37.3 Å². The minimum Gasteiger partial charge on any atom is -0.482 e. The molecule has 29 heavy (non-hydrogen) atoms. The van der Waals surface area contributed by atoms with Crippen molar-refractivity contribution in [3.05, 3.63) is 53.3 Å². The van der Waals surface area contributed by atoms with Gasteiger partial charge >= 0.3 is 5.97 Å². The van der Waals surface area contributed by atoms with Crippen LogP contribution in [0, 0.1) is 0 Å². The van der Waals surface area contributed by atoms with E-state index in [2.05, 4.69) is 4.98 Å². The summed E-state index contributed by atoms with van der Waals surface area (Å²) in [6, 6.07) is 12.7. The van der Waals surface area contributed by atoms with Crippen molar-refractivity contribution in [1.29, 1.82) is 0 Å². The number of ether oxygens (including phenoxy) is 2. The fourth-order valence-electron chi connectivity index (χ4n) is 3.47. The maximum atomic E-state index is 12.4. The molecule has 3 aromatic rings. The molecule has 1 aliphatic rings. The first-order valence-electron chi connectivity index (χ1n) is 9.27. The summed E-state index contributed by atoms with van der Waals surface area (Å²) >= 11 is 6.03. The van der Waals surface area contributed by atoms with E-state index >= 15 is 0 Å². The predicted molar refractivity (Wildman–Crippen MR) is 109 cm³/mol. The summed E-state index contributed by atoms with van der Waals surface area (Å²) in [6.45, 7) is 1.96. The molecule has 0 N–H and O–H groups in total. The van der Waals surface area contributed by atoms with Crippen LogP contribution in [0.1, 0.15) is 25.3 Å². The number of aryl methyl sites for hydroxylation is 1. The van der Waals surface area contributed by atoms with Gasteiger partial charge in [-0.1, -0.05) is 23.7 Å². The van der Waals surface area contributed by atoms with Gasteiger partial charge in [-0.3, -0.25) is 9.59 Å². The van der Waals surface area contributed by atoms with Crippen molar-refractivity contribution in [2.24, 2.45) is 7.05 Å². The van der Waals surface area contributed by atoms with Gasteiger partial charge in [-0.25, -0.2) is 4.98 Å². The number of amides is 1. The molecule has 1 amide bonds. The second-order valence-electron chi connectivity index (χ2n) is 6.85. The van der Waals surface area contributed by atoms with Crippen molar-refractivity contribution < 1.29 is 19.1 Å². The number of nitrogens with zero attached hydrogens (tertiary/aromatic N) is 3. The highest BCUT2D eigenvalue weighted by Crippen LogP contribution is 2.31. The maximum absolute atomic E-state index is 12.4. The SMILES string of the molecule is C[C@H](OC(=O)CCN1C(=O)COc2ccccc21)c1nc2cc(Cl)ccc2n1C. The molecule has 0 bridgehead atoms. The Labute approximate surface area is 172 Å². The van der Waals surface area contributed by atoms with E-state index in [1.165, 1.54) is 0 Å². The molecular formula is C21H20ClN3O4. The molecule has 0 radical (unpaired) electrons. The van der Waals surface area contributed by atoms with Gasteiger partial charge in [0.15, 0.2) is 18.5 Å². The number of aromatic nitrogens is 2. The minimum atomic E-state index is -0.536. The second kappa shape index (κ2) is 7.75. The molecule has 1 aliphatic heterocycles. The smallest absolute Gasteiger partial charge is 0.308 e. The highest BCUT2D eigenvalue weighted by atomic mass is 35.5. The van der Waals surface area contributed by atoms with E-state index in [4.69, 9.17) is 21.1 Å². The summed E-state index contributed by atoms with van der Waals surface area (Å²) in [5.41, 5.74) is 2.31. The van der Waals surface area contributed by atoms with Gasteiger partial charge in [-0.15, -0.1) is 0 Å². The predicted octanol–water partition coefficient (Wildman–Crippen LogP) is 3.65. The molecule has 0 spiro atoms. The Morgan fingerprint density at radius 1 is 1.31 bits per heavy atom. The van der Waals surface area contributed by atoms with Crippen LogP contribution in [-0.4, -0.2) is 34.6 Å². The molecule has 0 saturated carbocycles. The van der Waals surface area contributed by atoms with Gasteiger partial charge in [0, 0.05) is 18.6 Å². The van der Waals surface area contributed by atoms with Gasteiger partial charge in [0.2, 0.25) is 0 Å². The van der Waals surface area contributed by atoms with E-state index < -0.39 is 12.1 Å². The first-order valence-corrected chi connectivity index (χ1v) is 9.65. The van der Waals surface area contributed by atoms with Crippen molar-refractivity contribution in [1.82, 2.24) is 9.55 Å². The zero-order valence-electron chi connectivity index (χ0n) is 16.1. The van der Waals surface area contributed by atoms with Crippen LogP contribution in [0.3, 0.4) is 0 Å². The summed E-state index contributed by atoms with van der Waals surface area (Å²) in [4.78, 5) is 30.7. The van der Waals surface area contributed by atoms with E-state index in [1.54, 1.807) is 36.1 Å². The largest absolute Gasteiger partial charge is 0.482 e. The quantitative estimate of drug-likeness (QED) is 0.597. The number of fused-ring (bicyclic) bond motifs is 2. The van der Waals surface area contributed by atoms with Crippen molar-refractivity contribution in [2.45, 2.75) is 19.4 Å². The molecule has 0 unspecified atom stereocenters. The maximum Gasteiger partial charge on any atom is 0.308 e. The molecule has 4 rings (SSSR count). The Morgan fingerprint density at radius 3 is 2.93 bits per heavy atom. The zero-order chi connectivity index (χ0) is 20.5. The van der Waals surface area contributed by atoms with E-state index in [0.717, 1.165) is 11.0 Å². The minimum absolute atomic E-state index is 0.0368. The monoisotopic (exact) mass is 413 g/mol. The van der Waals surface area contributed by atoms with Gasteiger partial charge in [-0.2, -0.15) is 0 Å². The Balaban J connectivity index is 1.43. The fraction of sp³-hybridized carbons (Fsp3) is 0.286. The standard InChI is InChI=1S/C21H20ClN3O4/c1-13(21-23-15-11-14(22)7-8-16(15)24(21)2)29-20(27)9-10-25-17-5-3-4-6-18(17)28-12-19(25)26/h3-8,11,13H,9-10,12H2,1-2H3/t13-/m0/s1. The lowest BCUT2D eigenvalue weighted by atomic mass is 10.2. The normalized spacial score (nSPS) is 14.4. The molecule has 0 saturated heterocycles. The highest BCUT2D eigenvalue weighted by molar-refractivity contribution is 6.31. The van der Waals surface area contributed by atoms with Crippen LogP contribution in [0.4, 0.5) is 5.69 Å². The first-order chi connectivity index (χ1) is 13.9. The lowest BCUT2D eigenvalue weighted by Crippen LogP contribution is -2.40. The van der Waals surface area contributed by atoms with Crippen LogP contribution in [0.15, 0.2) is 42.5 Å². The van der Waals surface area contributed by atoms with Crippen LogP contribution in [-0.2, 0) is 21.4 Å². The van der Waals surface area contributed by atoms with E-state index in [1.807, 2.05) is 29.8 Å². The third-order valence-corrected chi connectivity index (χ3v) is 5.13. The average Bonchev–Trinajstić information content (AvgIpc) is 3.03. The second-order valence-corrected chi connectivity index (χ2v) is 7.28. The number of hydrogen-bond acceptors (Lipinski definition) is 5. The molecule has 1 atom stereocenters. The molecule has 1 aromatic heterocycles. The number of anilines is 1. The van der Waals surface area contributed by atoms with Gasteiger partial charge in [0.05, 0.1) is 23.1 Å². The molecule has 0 aliphatic carbocycles. The van der Waals surface area contributed by atoms with Crippen molar-refractivity contribution in [2.75, 3.05) is 18.1 Å². The van der Waals surface area contributed by atoms with Crippen molar-refractivity contribution in [3.63, 3.8) is 0 Å². The average molecular weight is 414 g/mol. The Morgan fingerprint density at radius 2 is 2.10 bits per heavy atom. The van der Waals surface area contributed by atoms with Crippen LogP contribution in [0.5, 0.6) is 5.75 Å². The summed E-state index contributed by atoms with van der Waals surface area (Å²) < 4.78 is 12.9. The number of carbonyl (C=O) groups is 2. The molecule has 2 heterocycles. The third-order valence-electron chi connectivity index (χ3n) is 4.90. The lowest BCUT2D eigenvalue weighted by Gasteiger charge is -2.29. The lowest BCUT2D eigenvalue weighted by molar-refractivity contribution is -0.148. The molecule has 150 valence electrons. The Kier molecular flexibility index (Phi) is 5.15. The molecule has 0 fully saturated rings. The van der Waals surface area contributed by atoms with Crippen molar-refractivity contribution in [3.8, 4) is 5.75 Å². The number of para-hydroxylation sites is 2. The van der Waals surface area contributed by atoms with E-state index in [9.17, 15) is 9.59 Å². The molecular weight excluding hydrogens is 394 g/mol. The molecule has 8 heteroatoms. The number of halogens is 1. The molecule has 7 nitrogen and oxygen atoms in total. The van der Waals surface area contributed by atoms with E-state index in [-0.39, 0.29) is 25.5 Å². The van der Waals surface area contributed by atoms with Crippen LogP contribution < -0.4 is 9.64 Å². The zero-order valence-corrected chi connectivity index (χ0v) is 16.8. The van der Waals surface area contributed by atoms with Crippen molar-refractivity contribution >= 4 is 40.2 Å². The summed E-state index contributed by atoms with van der Waals surface area (Å²) in [5, 5.41) is 0.599. The number of benzene rings is 2. The van der Waals surface area contributed by atoms with Gasteiger partial charge < -0.3 is 18.9 Å².